The Kier molecular flexibility index (Phi) is 5.64. The summed E-state index contributed by atoms with van der Waals surface area (Å²) in [6.45, 7) is 3.82. The fourth-order valence-electron chi connectivity index (χ4n) is 1.90. The first kappa shape index (κ1) is 14.8. The SMILES string of the molecule is C[C@H](NCC(O)COCC1CC1)c1ccc(Cl)cc1. The smallest absolute Gasteiger partial charge is 0.0897 e. The second-order valence-corrected chi connectivity index (χ2v) is 5.75. The number of hydrogen-bond donors (Lipinski definition) is 2. The highest BCUT2D eigenvalue weighted by Gasteiger charge is 2.21. The van der Waals surface area contributed by atoms with E-state index in [1.807, 2.05) is 24.3 Å². The van der Waals surface area contributed by atoms with E-state index in [-0.39, 0.29) is 6.04 Å². The summed E-state index contributed by atoms with van der Waals surface area (Å²) in [7, 11) is 0. The van der Waals surface area contributed by atoms with E-state index in [1.165, 1.54) is 12.8 Å². The largest absolute Gasteiger partial charge is 0.389 e. The lowest BCUT2D eigenvalue weighted by molar-refractivity contribution is 0.0315. The van der Waals surface area contributed by atoms with E-state index in [0.29, 0.717) is 13.2 Å². The van der Waals surface area contributed by atoms with Crippen LogP contribution in [0.4, 0.5) is 0 Å². The van der Waals surface area contributed by atoms with Crippen LogP contribution in [-0.2, 0) is 4.74 Å². The Morgan fingerprint density at radius 1 is 1.37 bits per heavy atom. The van der Waals surface area contributed by atoms with E-state index < -0.39 is 6.10 Å². The number of halogens is 1. The molecule has 0 heterocycles. The van der Waals surface area contributed by atoms with Crippen LogP contribution >= 0.6 is 11.6 Å². The maximum atomic E-state index is 9.81. The van der Waals surface area contributed by atoms with Crippen molar-refractivity contribution in [1.29, 1.82) is 0 Å². The molecule has 19 heavy (non-hydrogen) atoms. The monoisotopic (exact) mass is 283 g/mol. The lowest BCUT2D eigenvalue weighted by Crippen LogP contribution is -2.32. The Labute approximate surface area is 119 Å². The van der Waals surface area contributed by atoms with Crippen molar-refractivity contribution >= 4 is 11.6 Å². The Balaban J connectivity index is 1.64. The van der Waals surface area contributed by atoms with Gasteiger partial charge < -0.3 is 15.2 Å². The molecule has 0 bridgehead atoms. The first-order valence-electron chi connectivity index (χ1n) is 6.90. The van der Waals surface area contributed by atoms with Gasteiger partial charge in [0.25, 0.3) is 0 Å². The third-order valence-electron chi connectivity index (χ3n) is 3.39. The fourth-order valence-corrected chi connectivity index (χ4v) is 2.02. The van der Waals surface area contributed by atoms with Crippen LogP contribution in [0.25, 0.3) is 0 Å². The summed E-state index contributed by atoms with van der Waals surface area (Å²) >= 11 is 5.85. The number of benzene rings is 1. The molecule has 1 aromatic rings. The van der Waals surface area contributed by atoms with Crippen LogP contribution in [0.1, 0.15) is 31.4 Å². The van der Waals surface area contributed by atoms with Crippen LogP contribution in [0, 0.1) is 5.92 Å². The van der Waals surface area contributed by atoms with E-state index in [0.717, 1.165) is 23.1 Å². The Morgan fingerprint density at radius 2 is 2.05 bits per heavy atom. The predicted octanol–water partition coefficient (Wildman–Crippen LogP) is 2.78. The molecule has 0 aromatic heterocycles. The van der Waals surface area contributed by atoms with Crippen LogP contribution < -0.4 is 5.32 Å². The summed E-state index contributed by atoms with van der Waals surface area (Å²) in [4.78, 5) is 0. The van der Waals surface area contributed by atoms with Crippen LogP contribution in [0.5, 0.6) is 0 Å². The van der Waals surface area contributed by atoms with Crippen LogP contribution in [0.15, 0.2) is 24.3 Å². The van der Waals surface area contributed by atoms with Crippen molar-refractivity contribution in [2.45, 2.75) is 31.9 Å². The third-order valence-corrected chi connectivity index (χ3v) is 3.64. The van der Waals surface area contributed by atoms with Gasteiger partial charge in [0.1, 0.15) is 0 Å². The molecule has 4 heteroatoms. The van der Waals surface area contributed by atoms with E-state index in [4.69, 9.17) is 16.3 Å². The molecule has 2 atom stereocenters. The molecule has 2 N–H and O–H groups in total. The van der Waals surface area contributed by atoms with Crippen molar-refractivity contribution in [1.82, 2.24) is 5.32 Å². The molecule has 106 valence electrons. The van der Waals surface area contributed by atoms with Crippen molar-refractivity contribution in [3.63, 3.8) is 0 Å². The van der Waals surface area contributed by atoms with Gasteiger partial charge in [0.2, 0.25) is 0 Å². The van der Waals surface area contributed by atoms with Gasteiger partial charge in [-0.15, -0.1) is 0 Å². The lowest BCUT2D eigenvalue weighted by atomic mass is 10.1. The molecule has 0 saturated heterocycles. The van der Waals surface area contributed by atoms with Crippen molar-refractivity contribution < 1.29 is 9.84 Å². The molecule has 0 amide bonds. The molecule has 0 aliphatic heterocycles. The first-order chi connectivity index (χ1) is 9.15. The van der Waals surface area contributed by atoms with Crippen LogP contribution in [-0.4, -0.2) is 31.0 Å². The van der Waals surface area contributed by atoms with Gasteiger partial charge in [0.05, 0.1) is 12.7 Å². The Bertz CT molecular complexity index is 378. The number of rotatable bonds is 8. The lowest BCUT2D eigenvalue weighted by Gasteiger charge is -2.17. The normalized spacial score (nSPS) is 18.3. The summed E-state index contributed by atoms with van der Waals surface area (Å²) in [5.41, 5.74) is 1.16. The highest BCUT2D eigenvalue weighted by Crippen LogP contribution is 2.28. The number of nitrogens with one attached hydrogen (secondary N) is 1. The van der Waals surface area contributed by atoms with Crippen molar-refractivity contribution in [2.24, 2.45) is 5.92 Å². The number of hydrogen-bond acceptors (Lipinski definition) is 3. The summed E-state index contributed by atoms with van der Waals surface area (Å²) in [5.74, 6) is 0.744. The standard InChI is InChI=1S/C15H22ClNO2/c1-11(13-4-6-14(16)7-5-13)17-8-15(18)10-19-9-12-2-3-12/h4-7,11-12,15,17-18H,2-3,8-10H2,1H3/t11-,15?/m0/s1. The number of aliphatic hydroxyl groups excluding tert-OH is 1. The summed E-state index contributed by atoms with van der Waals surface area (Å²) in [6.07, 6.45) is 2.11. The third kappa shape index (κ3) is 5.49. The average molecular weight is 284 g/mol. The molecule has 0 spiro atoms. The van der Waals surface area contributed by atoms with E-state index in [2.05, 4.69) is 12.2 Å². The van der Waals surface area contributed by atoms with Gasteiger partial charge in [-0.2, -0.15) is 0 Å². The van der Waals surface area contributed by atoms with E-state index >= 15 is 0 Å². The van der Waals surface area contributed by atoms with Gasteiger partial charge in [-0.3, -0.25) is 0 Å². The zero-order valence-corrected chi connectivity index (χ0v) is 12.1. The molecule has 0 radical (unpaired) electrons. The zero-order valence-electron chi connectivity index (χ0n) is 11.3. The van der Waals surface area contributed by atoms with Crippen molar-refractivity contribution in [3.8, 4) is 0 Å². The predicted molar refractivity (Wildman–Crippen MR) is 77.4 cm³/mol. The summed E-state index contributed by atoms with van der Waals surface area (Å²) < 4.78 is 5.47. The van der Waals surface area contributed by atoms with E-state index in [9.17, 15) is 5.11 Å². The average Bonchev–Trinajstić information content (AvgIpc) is 3.21. The molecule has 1 aliphatic rings. The number of aliphatic hydroxyl groups is 1. The molecule has 1 aromatic carbocycles. The summed E-state index contributed by atoms with van der Waals surface area (Å²) in [6, 6.07) is 7.94. The minimum atomic E-state index is -0.450. The topological polar surface area (TPSA) is 41.5 Å². The van der Waals surface area contributed by atoms with Gasteiger partial charge in [0, 0.05) is 24.2 Å². The molecule has 1 fully saturated rings. The Morgan fingerprint density at radius 3 is 2.68 bits per heavy atom. The maximum absolute atomic E-state index is 9.81. The quantitative estimate of drug-likeness (QED) is 0.771. The molecular formula is C15H22ClNO2. The van der Waals surface area contributed by atoms with Crippen molar-refractivity contribution in [2.75, 3.05) is 19.8 Å². The van der Waals surface area contributed by atoms with Gasteiger partial charge in [0.15, 0.2) is 0 Å². The molecule has 2 rings (SSSR count). The molecular weight excluding hydrogens is 262 g/mol. The molecule has 1 aliphatic carbocycles. The minimum Gasteiger partial charge on any atom is -0.389 e. The Hall–Kier alpha value is -0.610. The maximum Gasteiger partial charge on any atom is 0.0897 e. The second-order valence-electron chi connectivity index (χ2n) is 5.32. The van der Waals surface area contributed by atoms with Gasteiger partial charge in [-0.1, -0.05) is 23.7 Å². The van der Waals surface area contributed by atoms with Gasteiger partial charge in [-0.05, 0) is 43.4 Å². The molecule has 3 nitrogen and oxygen atoms in total. The van der Waals surface area contributed by atoms with Gasteiger partial charge >= 0.3 is 0 Å². The first-order valence-corrected chi connectivity index (χ1v) is 7.27. The number of ether oxygens (including phenoxy) is 1. The zero-order chi connectivity index (χ0) is 13.7. The van der Waals surface area contributed by atoms with Crippen LogP contribution in [0.2, 0.25) is 5.02 Å². The molecule has 1 unspecified atom stereocenters. The van der Waals surface area contributed by atoms with Gasteiger partial charge in [-0.25, -0.2) is 0 Å². The van der Waals surface area contributed by atoms with E-state index in [1.54, 1.807) is 0 Å². The second kappa shape index (κ2) is 7.25. The fraction of sp³-hybridized carbons (Fsp3) is 0.600. The highest BCUT2D eigenvalue weighted by molar-refractivity contribution is 6.30. The van der Waals surface area contributed by atoms with Crippen LogP contribution in [0.3, 0.4) is 0 Å². The van der Waals surface area contributed by atoms with Crippen molar-refractivity contribution in [3.05, 3.63) is 34.9 Å². The minimum absolute atomic E-state index is 0.190. The summed E-state index contributed by atoms with van der Waals surface area (Å²) in [5, 5.41) is 13.9. The highest BCUT2D eigenvalue weighted by atomic mass is 35.5. The molecule has 1 saturated carbocycles.